The van der Waals surface area contributed by atoms with E-state index in [4.69, 9.17) is 5.73 Å². The van der Waals surface area contributed by atoms with Gasteiger partial charge in [-0.2, -0.15) is 0 Å². The lowest BCUT2D eigenvalue weighted by Crippen LogP contribution is -2.39. The van der Waals surface area contributed by atoms with Gasteiger partial charge in [0.2, 0.25) is 11.8 Å². The Hall–Kier alpha value is -1.10. The van der Waals surface area contributed by atoms with E-state index >= 15 is 0 Å². The van der Waals surface area contributed by atoms with Crippen molar-refractivity contribution in [1.29, 1.82) is 0 Å². The largest absolute Gasteiger partial charge is 0.370 e. The minimum absolute atomic E-state index is 0.00560. The number of nitrogens with two attached hydrogens (primary N) is 1. The standard InChI is InChI=1S/C7H13N3O2/c8-6(11)3-5-4-10-7(12)1-2-9-5/h5,9H,1-4H2,(H2,8,11)(H,10,12). The van der Waals surface area contributed by atoms with E-state index in [9.17, 15) is 9.59 Å². The van der Waals surface area contributed by atoms with Gasteiger partial charge in [0.1, 0.15) is 0 Å². The molecule has 1 aliphatic rings. The Labute approximate surface area is 70.7 Å². The van der Waals surface area contributed by atoms with Crippen LogP contribution in [0, 0.1) is 0 Å². The molecular weight excluding hydrogens is 158 g/mol. The Morgan fingerprint density at radius 2 is 2.42 bits per heavy atom. The number of carbonyl (C=O) groups is 2. The number of carbonyl (C=O) groups excluding carboxylic acids is 2. The molecule has 0 bridgehead atoms. The highest BCUT2D eigenvalue weighted by atomic mass is 16.2. The normalized spacial score (nSPS) is 24.3. The van der Waals surface area contributed by atoms with Gasteiger partial charge in [0.25, 0.3) is 0 Å². The van der Waals surface area contributed by atoms with Gasteiger partial charge < -0.3 is 16.4 Å². The van der Waals surface area contributed by atoms with E-state index in [0.717, 1.165) is 0 Å². The van der Waals surface area contributed by atoms with Gasteiger partial charge >= 0.3 is 0 Å². The Morgan fingerprint density at radius 3 is 3.08 bits per heavy atom. The average molecular weight is 171 g/mol. The Morgan fingerprint density at radius 1 is 1.67 bits per heavy atom. The van der Waals surface area contributed by atoms with Gasteiger partial charge in [0.15, 0.2) is 0 Å². The van der Waals surface area contributed by atoms with Crippen LogP contribution in [0.4, 0.5) is 0 Å². The van der Waals surface area contributed by atoms with Gasteiger partial charge in [0, 0.05) is 32.0 Å². The van der Waals surface area contributed by atoms with Crippen molar-refractivity contribution in [2.75, 3.05) is 13.1 Å². The second-order valence-electron chi connectivity index (χ2n) is 2.88. The molecule has 0 aromatic rings. The highest BCUT2D eigenvalue weighted by molar-refractivity contribution is 5.77. The summed E-state index contributed by atoms with van der Waals surface area (Å²) in [5.41, 5.74) is 5.02. The molecule has 1 heterocycles. The van der Waals surface area contributed by atoms with Gasteiger partial charge in [-0.25, -0.2) is 0 Å². The summed E-state index contributed by atoms with van der Waals surface area (Å²) in [7, 11) is 0. The second kappa shape index (κ2) is 4.06. The number of hydrogen-bond donors (Lipinski definition) is 3. The predicted molar refractivity (Wildman–Crippen MR) is 43.2 cm³/mol. The first-order valence-corrected chi connectivity index (χ1v) is 3.97. The quantitative estimate of drug-likeness (QED) is 0.465. The fourth-order valence-electron chi connectivity index (χ4n) is 1.17. The predicted octanol–water partition coefficient (Wildman–Crippen LogP) is -1.66. The van der Waals surface area contributed by atoms with Crippen molar-refractivity contribution in [3.8, 4) is 0 Å². The molecule has 4 N–H and O–H groups in total. The molecule has 5 nitrogen and oxygen atoms in total. The number of primary amides is 1. The highest BCUT2D eigenvalue weighted by Gasteiger charge is 2.16. The average Bonchev–Trinajstić information content (AvgIpc) is 2.15. The molecule has 2 amide bonds. The van der Waals surface area contributed by atoms with Crippen LogP contribution < -0.4 is 16.4 Å². The molecule has 1 saturated heterocycles. The third-order valence-corrected chi connectivity index (χ3v) is 1.78. The third kappa shape index (κ3) is 2.87. The number of rotatable bonds is 2. The summed E-state index contributed by atoms with van der Waals surface area (Å²) in [6.07, 6.45) is 0.746. The minimum atomic E-state index is -0.344. The summed E-state index contributed by atoms with van der Waals surface area (Å²) >= 11 is 0. The molecule has 1 rings (SSSR count). The van der Waals surface area contributed by atoms with E-state index in [1.54, 1.807) is 0 Å². The molecule has 5 heteroatoms. The maximum atomic E-state index is 10.8. The molecule has 68 valence electrons. The summed E-state index contributed by atoms with van der Waals surface area (Å²) in [6.45, 7) is 1.10. The molecule has 1 atom stereocenters. The Bertz CT molecular complexity index is 193. The van der Waals surface area contributed by atoms with Crippen LogP contribution in [0.2, 0.25) is 0 Å². The van der Waals surface area contributed by atoms with Crippen LogP contribution in [0.5, 0.6) is 0 Å². The van der Waals surface area contributed by atoms with Crippen molar-refractivity contribution in [2.45, 2.75) is 18.9 Å². The van der Waals surface area contributed by atoms with Crippen molar-refractivity contribution in [3.63, 3.8) is 0 Å². The molecule has 1 fully saturated rings. The lowest BCUT2D eigenvalue weighted by atomic mass is 10.2. The zero-order valence-electron chi connectivity index (χ0n) is 6.80. The second-order valence-corrected chi connectivity index (χ2v) is 2.88. The molecule has 0 radical (unpaired) electrons. The van der Waals surface area contributed by atoms with E-state index in [2.05, 4.69) is 10.6 Å². The lowest BCUT2D eigenvalue weighted by molar-refractivity contribution is -0.121. The van der Waals surface area contributed by atoms with E-state index in [-0.39, 0.29) is 24.3 Å². The molecule has 0 saturated carbocycles. The molecule has 1 unspecified atom stereocenters. The SMILES string of the molecule is NC(=O)CC1CNC(=O)CCN1. The zero-order valence-corrected chi connectivity index (χ0v) is 6.80. The zero-order chi connectivity index (χ0) is 8.97. The number of hydrogen-bond acceptors (Lipinski definition) is 3. The summed E-state index contributed by atoms with van der Waals surface area (Å²) in [5.74, 6) is -0.321. The minimum Gasteiger partial charge on any atom is -0.370 e. The van der Waals surface area contributed by atoms with Crippen molar-refractivity contribution < 1.29 is 9.59 Å². The first-order chi connectivity index (χ1) is 5.68. The Balaban J connectivity index is 2.35. The van der Waals surface area contributed by atoms with Crippen LogP contribution in [0.15, 0.2) is 0 Å². The van der Waals surface area contributed by atoms with Gasteiger partial charge in [-0.3, -0.25) is 9.59 Å². The number of nitrogens with one attached hydrogen (secondary N) is 2. The van der Waals surface area contributed by atoms with Crippen LogP contribution in [0.25, 0.3) is 0 Å². The maximum absolute atomic E-state index is 10.8. The lowest BCUT2D eigenvalue weighted by Gasteiger charge is -2.12. The van der Waals surface area contributed by atoms with Crippen molar-refractivity contribution in [1.82, 2.24) is 10.6 Å². The molecule has 0 aromatic carbocycles. The van der Waals surface area contributed by atoms with E-state index < -0.39 is 0 Å². The smallest absolute Gasteiger partial charge is 0.221 e. The first kappa shape index (κ1) is 8.99. The van der Waals surface area contributed by atoms with Crippen LogP contribution >= 0.6 is 0 Å². The van der Waals surface area contributed by atoms with Crippen molar-refractivity contribution in [3.05, 3.63) is 0 Å². The molecule has 1 aliphatic heterocycles. The van der Waals surface area contributed by atoms with E-state index in [0.29, 0.717) is 19.5 Å². The first-order valence-electron chi connectivity index (χ1n) is 3.97. The fourth-order valence-corrected chi connectivity index (χ4v) is 1.17. The van der Waals surface area contributed by atoms with Crippen molar-refractivity contribution in [2.24, 2.45) is 5.73 Å². The van der Waals surface area contributed by atoms with E-state index in [1.165, 1.54) is 0 Å². The molecular formula is C7H13N3O2. The summed E-state index contributed by atoms with van der Waals surface area (Å²) in [4.78, 5) is 21.4. The fraction of sp³-hybridized carbons (Fsp3) is 0.714. The van der Waals surface area contributed by atoms with Gasteiger partial charge in [-0.15, -0.1) is 0 Å². The Kier molecular flexibility index (Phi) is 3.04. The van der Waals surface area contributed by atoms with E-state index in [1.807, 2.05) is 0 Å². The van der Waals surface area contributed by atoms with Crippen LogP contribution in [0.1, 0.15) is 12.8 Å². The summed E-state index contributed by atoms with van der Waals surface area (Å²) in [5, 5.41) is 5.75. The summed E-state index contributed by atoms with van der Waals surface area (Å²) < 4.78 is 0. The van der Waals surface area contributed by atoms with Gasteiger partial charge in [-0.1, -0.05) is 0 Å². The molecule has 0 aliphatic carbocycles. The monoisotopic (exact) mass is 171 g/mol. The van der Waals surface area contributed by atoms with Crippen molar-refractivity contribution >= 4 is 11.8 Å². The maximum Gasteiger partial charge on any atom is 0.221 e. The van der Waals surface area contributed by atoms with Gasteiger partial charge in [0.05, 0.1) is 0 Å². The number of amides is 2. The molecule has 12 heavy (non-hydrogen) atoms. The van der Waals surface area contributed by atoms with Crippen LogP contribution in [0.3, 0.4) is 0 Å². The van der Waals surface area contributed by atoms with Gasteiger partial charge in [-0.05, 0) is 0 Å². The third-order valence-electron chi connectivity index (χ3n) is 1.78. The molecule has 0 aromatic heterocycles. The molecule has 0 spiro atoms. The topological polar surface area (TPSA) is 84.2 Å². The van der Waals surface area contributed by atoms with Crippen LogP contribution in [-0.4, -0.2) is 30.9 Å². The highest BCUT2D eigenvalue weighted by Crippen LogP contribution is 1.94. The van der Waals surface area contributed by atoms with Crippen LogP contribution in [-0.2, 0) is 9.59 Å². The summed E-state index contributed by atoms with van der Waals surface area (Å²) in [6, 6.07) is -0.00560.